The van der Waals surface area contributed by atoms with Gasteiger partial charge in [-0.25, -0.2) is 4.79 Å². The van der Waals surface area contributed by atoms with Gasteiger partial charge in [-0.15, -0.1) is 0 Å². The van der Waals surface area contributed by atoms with E-state index in [-0.39, 0.29) is 18.0 Å². The second-order valence-electron chi connectivity index (χ2n) is 5.97. The highest BCUT2D eigenvalue weighted by Gasteiger charge is 2.26. The topological polar surface area (TPSA) is 46.6 Å². The summed E-state index contributed by atoms with van der Waals surface area (Å²) >= 11 is 0. The van der Waals surface area contributed by atoms with Crippen LogP contribution in [-0.2, 0) is 17.8 Å². The minimum Gasteiger partial charge on any atom is -0.459 e. The zero-order chi connectivity index (χ0) is 16.4. The standard InChI is InChI=1S/C19H19NO3/c1-13(2)23-19(22)15-8-5-6-14(10-15)11-20-12-16-7-3-4-9-17(16)18(20)21/h3-10,13H,11-12H2,1-2H3. The zero-order valence-electron chi connectivity index (χ0n) is 13.3. The molecule has 0 aliphatic carbocycles. The van der Waals surface area contributed by atoms with Crippen molar-refractivity contribution in [1.29, 1.82) is 0 Å². The van der Waals surface area contributed by atoms with Gasteiger partial charge in [0.1, 0.15) is 0 Å². The first kappa shape index (κ1) is 15.3. The minimum absolute atomic E-state index is 0.0377. The molecule has 0 N–H and O–H groups in total. The summed E-state index contributed by atoms with van der Waals surface area (Å²) in [6.07, 6.45) is -0.152. The fourth-order valence-electron chi connectivity index (χ4n) is 2.74. The van der Waals surface area contributed by atoms with E-state index in [9.17, 15) is 9.59 Å². The first-order valence-electron chi connectivity index (χ1n) is 7.71. The second kappa shape index (κ2) is 6.24. The highest BCUT2D eigenvalue weighted by atomic mass is 16.5. The predicted molar refractivity (Wildman–Crippen MR) is 87.0 cm³/mol. The van der Waals surface area contributed by atoms with Crippen molar-refractivity contribution in [2.75, 3.05) is 0 Å². The normalized spacial score (nSPS) is 13.3. The third-order valence-electron chi connectivity index (χ3n) is 3.78. The molecule has 4 heteroatoms. The van der Waals surface area contributed by atoms with Crippen LogP contribution in [0.15, 0.2) is 48.5 Å². The maximum atomic E-state index is 12.4. The van der Waals surface area contributed by atoms with Crippen molar-refractivity contribution in [2.24, 2.45) is 0 Å². The molecule has 0 spiro atoms. The van der Waals surface area contributed by atoms with Crippen LogP contribution in [0.2, 0.25) is 0 Å². The van der Waals surface area contributed by atoms with Gasteiger partial charge in [-0.05, 0) is 43.2 Å². The van der Waals surface area contributed by atoms with E-state index in [1.54, 1.807) is 17.0 Å². The van der Waals surface area contributed by atoms with Crippen LogP contribution in [0.3, 0.4) is 0 Å². The Hall–Kier alpha value is -2.62. The summed E-state index contributed by atoms with van der Waals surface area (Å²) in [5, 5.41) is 0. The van der Waals surface area contributed by atoms with Crippen LogP contribution >= 0.6 is 0 Å². The number of nitrogens with zero attached hydrogens (tertiary/aromatic N) is 1. The average molecular weight is 309 g/mol. The number of carbonyl (C=O) groups is 2. The molecule has 0 radical (unpaired) electrons. The van der Waals surface area contributed by atoms with Crippen molar-refractivity contribution in [2.45, 2.75) is 33.0 Å². The van der Waals surface area contributed by atoms with Gasteiger partial charge >= 0.3 is 5.97 Å². The summed E-state index contributed by atoms with van der Waals surface area (Å²) in [7, 11) is 0. The SMILES string of the molecule is CC(C)OC(=O)c1cccc(CN2Cc3ccccc3C2=O)c1. The van der Waals surface area contributed by atoms with E-state index in [1.807, 2.05) is 50.2 Å². The van der Waals surface area contributed by atoms with Gasteiger partial charge < -0.3 is 9.64 Å². The highest BCUT2D eigenvalue weighted by molar-refractivity contribution is 5.98. The lowest BCUT2D eigenvalue weighted by Gasteiger charge is -2.16. The third-order valence-corrected chi connectivity index (χ3v) is 3.78. The zero-order valence-corrected chi connectivity index (χ0v) is 13.3. The smallest absolute Gasteiger partial charge is 0.338 e. The maximum Gasteiger partial charge on any atom is 0.338 e. The van der Waals surface area contributed by atoms with Crippen LogP contribution in [0.4, 0.5) is 0 Å². The Kier molecular flexibility index (Phi) is 4.15. The Balaban J connectivity index is 1.75. The van der Waals surface area contributed by atoms with Crippen molar-refractivity contribution >= 4 is 11.9 Å². The number of amides is 1. The van der Waals surface area contributed by atoms with E-state index in [0.29, 0.717) is 18.7 Å². The van der Waals surface area contributed by atoms with Gasteiger partial charge in [0, 0.05) is 18.7 Å². The molecule has 118 valence electrons. The molecule has 23 heavy (non-hydrogen) atoms. The molecule has 0 bridgehead atoms. The lowest BCUT2D eigenvalue weighted by molar-refractivity contribution is 0.0377. The maximum absolute atomic E-state index is 12.4. The largest absolute Gasteiger partial charge is 0.459 e. The van der Waals surface area contributed by atoms with E-state index < -0.39 is 0 Å². The third kappa shape index (κ3) is 3.26. The summed E-state index contributed by atoms with van der Waals surface area (Å²) in [5.74, 6) is -0.298. The molecule has 3 rings (SSSR count). The summed E-state index contributed by atoms with van der Waals surface area (Å²) in [6.45, 7) is 4.73. The quantitative estimate of drug-likeness (QED) is 0.813. The molecule has 2 aromatic carbocycles. The molecule has 2 aromatic rings. The van der Waals surface area contributed by atoms with Crippen LogP contribution in [0, 0.1) is 0 Å². The molecule has 0 saturated carbocycles. The van der Waals surface area contributed by atoms with Crippen molar-refractivity contribution in [1.82, 2.24) is 4.90 Å². The predicted octanol–water partition coefficient (Wildman–Crippen LogP) is 3.41. The van der Waals surface area contributed by atoms with Gasteiger partial charge in [-0.3, -0.25) is 4.79 Å². The Labute approximate surface area is 135 Å². The van der Waals surface area contributed by atoms with Gasteiger partial charge in [-0.1, -0.05) is 30.3 Å². The van der Waals surface area contributed by atoms with E-state index in [0.717, 1.165) is 16.7 Å². The van der Waals surface area contributed by atoms with Crippen LogP contribution in [-0.4, -0.2) is 22.9 Å². The van der Waals surface area contributed by atoms with Crippen molar-refractivity contribution in [3.63, 3.8) is 0 Å². The van der Waals surface area contributed by atoms with Crippen molar-refractivity contribution in [3.8, 4) is 0 Å². The molecule has 1 amide bonds. The summed E-state index contributed by atoms with van der Waals surface area (Å²) in [5.41, 5.74) is 3.25. The molecule has 0 atom stereocenters. The number of rotatable bonds is 4. The molecule has 0 aromatic heterocycles. The Bertz CT molecular complexity index is 752. The number of benzene rings is 2. The van der Waals surface area contributed by atoms with E-state index in [4.69, 9.17) is 4.74 Å². The van der Waals surface area contributed by atoms with Gasteiger partial charge in [0.05, 0.1) is 11.7 Å². The second-order valence-corrected chi connectivity index (χ2v) is 5.97. The molecule has 1 aliphatic heterocycles. The van der Waals surface area contributed by atoms with Gasteiger partial charge in [-0.2, -0.15) is 0 Å². The lowest BCUT2D eigenvalue weighted by atomic mass is 10.1. The number of ether oxygens (including phenoxy) is 1. The Morgan fingerprint density at radius 1 is 1.17 bits per heavy atom. The van der Waals surface area contributed by atoms with Crippen molar-refractivity contribution in [3.05, 3.63) is 70.8 Å². The van der Waals surface area contributed by atoms with Crippen LogP contribution in [0.5, 0.6) is 0 Å². The minimum atomic E-state index is -0.335. The van der Waals surface area contributed by atoms with Crippen LogP contribution in [0.25, 0.3) is 0 Å². The van der Waals surface area contributed by atoms with Crippen LogP contribution in [0.1, 0.15) is 45.7 Å². The molecule has 0 unspecified atom stereocenters. The summed E-state index contributed by atoms with van der Waals surface area (Å²) in [6, 6.07) is 14.9. The summed E-state index contributed by atoms with van der Waals surface area (Å²) in [4.78, 5) is 26.2. The van der Waals surface area contributed by atoms with Gasteiger partial charge in [0.2, 0.25) is 0 Å². The average Bonchev–Trinajstić information content (AvgIpc) is 2.84. The van der Waals surface area contributed by atoms with Crippen molar-refractivity contribution < 1.29 is 14.3 Å². The molecule has 0 fully saturated rings. The molecule has 1 heterocycles. The fourth-order valence-corrected chi connectivity index (χ4v) is 2.74. The van der Waals surface area contributed by atoms with Gasteiger partial charge in [0.25, 0.3) is 5.91 Å². The lowest BCUT2D eigenvalue weighted by Crippen LogP contribution is -2.23. The molecular formula is C19H19NO3. The highest BCUT2D eigenvalue weighted by Crippen LogP contribution is 2.24. The Morgan fingerprint density at radius 2 is 1.96 bits per heavy atom. The monoisotopic (exact) mass is 309 g/mol. The summed E-state index contributed by atoms with van der Waals surface area (Å²) < 4.78 is 5.21. The van der Waals surface area contributed by atoms with Crippen LogP contribution < -0.4 is 0 Å². The van der Waals surface area contributed by atoms with E-state index >= 15 is 0 Å². The number of carbonyl (C=O) groups excluding carboxylic acids is 2. The number of esters is 1. The first-order valence-corrected chi connectivity index (χ1v) is 7.71. The number of fused-ring (bicyclic) bond motifs is 1. The first-order chi connectivity index (χ1) is 11.0. The molecule has 0 saturated heterocycles. The van der Waals surface area contributed by atoms with E-state index in [1.165, 1.54) is 0 Å². The fraction of sp³-hybridized carbons (Fsp3) is 0.263. The van der Waals surface area contributed by atoms with Gasteiger partial charge in [0.15, 0.2) is 0 Å². The Morgan fingerprint density at radius 3 is 2.70 bits per heavy atom. The van der Waals surface area contributed by atoms with E-state index in [2.05, 4.69) is 0 Å². The molecule has 4 nitrogen and oxygen atoms in total. The molecular weight excluding hydrogens is 290 g/mol. The molecule has 1 aliphatic rings. The number of hydrogen-bond acceptors (Lipinski definition) is 3. The number of hydrogen-bond donors (Lipinski definition) is 0.